The van der Waals surface area contributed by atoms with Crippen LogP contribution in [0.5, 0.6) is 5.75 Å². The molecule has 0 spiro atoms. The van der Waals surface area contributed by atoms with Gasteiger partial charge in [-0.05, 0) is 17.7 Å². The number of imidazole rings is 1. The summed E-state index contributed by atoms with van der Waals surface area (Å²) < 4.78 is 11.6. The van der Waals surface area contributed by atoms with Crippen molar-refractivity contribution in [2.24, 2.45) is 0 Å². The summed E-state index contributed by atoms with van der Waals surface area (Å²) in [5.41, 5.74) is 2.59. The number of fused-ring (bicyclic) bond motifs is 1. The molecule has 0 aliphatic carbocycles. The number of benzene rings is 2. The van der Waals surface area contributed by atoms with Crippen LogP contribution in [0.15, 0.2) is 71.7 Å². The Hall–Kier alpha value is -2.07. The Labute approximate surface area is 144 Å². The van der Waals surface area contributed by atoms with E-state index in [4.69, 9.17) is 4.74 Å². The van der Waals surface area contributed by atoms with Crippen LogP contribution in [0.1, 0.15) is 11.1 Å². The van der Waals surface area contributed by atoms with Crippen molar-refractivity contribution in [3.05, 3.63) is 82.9 Å². The van der Waals surface area contributed by atoms with Gasteiger partial charge in [0.25, 0.3) is 0 Å². The van der Waals surface area contributed by atoms with E-state index >= 15 is 0 Å². The van der Waals surface area contributed by atoms with Crippen LogP contribution in [0.25, 0.3) is 0 Å². The number of halogens is 1. The summed E-state index contributed by atoms with van der Waals surface area (Å²) in [6.45, 7) is 1.73. The molecule has 23 heavy (non-hydrogen) atoms. The summed E-state index contributed by atoms with van der Waals surface area (Å²) in [4.78, 5) is 0. The molecule has 0 saturated heterocycles. The molecule has 2 heterocycles. The minimum atomic E-state index is 0.219. The smallest absolute Gasteiger partial charge is 0.244 e. The zero-order valence-electron chi connectivity index (χ0n) is 12.7. The molecule has 1 atom stereocenters. The van der Waals surface area contributed by atoms with Crippen LogP contribution in [0.2, 0.25) is 0 Å². The number of para-hydroxylation sites is 1. The molecule has 0 amide bonds. The van der Waals surface area contributed by atoms with E-state index in [-0.39, 0.29) is 6.10 Å². The van der Waals surface area contributed by atoms with Gasteiger partial charge in [0.15, 0.2) is 0 Å². The fourth-order valence-electron chi connectivity index (χ4n) is 3.05. The van der Waals surface area contributed by atoms with Crippen LogP contribution in [0.3, 0.4) is 0 Å². The highest BCUT2D eigenvalue weighted by Crippen LogP contribution is 2.28. The van der Waals surface area contributed by atoms with Crippen molar-refractivity contribution in [3.63, 3.8) is 0 Å². The predicted molar refractivity (Wildman–Crippen MR) is 92.4 cm³/mol. The van der Waals surface area contributed by atoms with Crippen molar-refractivity contribution < 1.29 is 9.30 Å². The molecular formula is C19H18BrN2O+. The second kappa shape index (κ2) is 6.20. The van der Waals surface area contributed by atoms with Crippen LogP contribution < -0.4 is 9.30 Å². The fraction of sp³-hybridized carbons (Fsp3) is 0.211. The minimum absolute atomic E-state index is 0.219. The molecule has 116 valence electrons. The lowest BCUT2D eigenvalue weighted by Crippen LogP contribution is -2.32. The first-order valence-corrected chi connectivity index (χ1v) is 8.60. The molecule has 2 aromatic carbocycles. The van der Waals surface area contributed by atoms with Crippen molar-refractivity contribution >= 4 is 15.9 Å². The maximum atomic E-state index is 6.02. The summed E-state index contributed by atoms with van der Waals surface area (Å²) in [5.74, 6) is 1.03. The molecule has 4 heteroatoms. The van der Waals surface area contributed by atoms with E-state index in [1.165, 1.54) is 11.1 Å². The van der Waals surface area contributed by atoms with Gasteiger partial charge in [-0.15, -0.1) is 0 Å². The van der Waals surface area contributed by atoms with Gasteiger partial charge in [-0.1, -0.05) is 52.3 Å². The van der Waals surface area contributed by atoms with E-state index in [2.05, 4.69) is 80.2 Å². The average Bonchev–Trinajstić information content (AvgIpc) is 3.16. The Balaban J connectivity index is 1.42. The summed E-state index contributed by atoms with van der Waals surface area (Å²) in [6, 6.07) is 16.6. The predicted octanol–water partition coefficient (Wildman–Crippen LogP) is 3.59. The first-order valence-electron chi connectivity index (χ1n) is 7.81. The highest BCUT2D eigenvalue weighted by Gasteiger charge is 2.24. The molecule has 3 nitrogen and oxygen atoms in total. The van der Waals surface area contributed by atoms with Crippen molar-refractivity contribution in [3.8, 4) is 5.75 Å². The minimum Gasteiger partial charge on any atom is -0.486 e. The summed E-state index contributed by atoms with van der Waals surface area (Å²) in [7, 11) is 0. The van der Waals surface area contributed by atoms with Gasteiger partial charge in [-0.2, -0.15) is 0 Å². The number of ether oxygens (including phenoxy) is 1. The van der Waals surface area contributed by atoms with E-state index in [1.807, 2.05) is 12.1 Å². The summed E-state index contributed by atoms with van der Waals surface area (Å²) in [6.07, 6.45) is 7.58. The molecule has 0 fully saturated rings. The Morgan fingerprint density at radius 1 is 1.13 bits per heavy atom. The maximum Gasteiger partial charge on any atom is 0.244 e. The maximum absolute atomic E-state index is 6.02. The van der Waals surface area contributed by atoms with E-state index < -0.39 is 0 Å². The largest absolute Gasteiger partial charge is 0.486 e. The number of aromatic nitrogens is 2. The van der Waals surface area contributed by atoms with Crippen LogP contribution in [-0.4, -0.2) is 10.7 Å². The first kappa shape index (κ1) is 14.5. The topological polar surface area (TPSA) is 18.0 Å². The monoisotopic (exact) mass is 369 g/mol. The number of hydrogen-bond acceptors (Lipinski definition) is 1. The normalized spacial score (nSPS) is 16.1. The van der Waals surface area contributed by atoms with Gasteiger partial charge in [-0.25, -0.2) is 9.13 Å². The molecule has 1 aliphatic heterocycles. The zero-order valence-corrected chi connectivity index (χ0v) is 14.3. The van der Waals surface area contributed by atoms with Crippen LogP contribution in [0.4, 0.5) is 0 Å². The molecular weight excluding hydrogens is 352 g/mol. The fourth-order valence-corrected chi connectivity index (χ4v) is 3.46. The molecule has 3 aromatic rings. The molecule has 0 bridgehead atoms. The Bertz CT molecular complexity index is 802. The van der Waals surface area contributed by atoms with Crippen LogP contribution in [-0.2, 0) is 19.5 Å². The van der Waals surface area contributed by atoms with Gasteiger partial charge in [0.1, 0.15) is 37.3 Å². The van der Waals surface area contributed by atoms with E-state index in [1.54, 1.807) is 0 Å². The van der Waals surface area contributed by atoms with Crippen LogP contribution >= 0.6 is 15.9 Å². The van der Waals surface area contributed by atoms with Gasteiger partial charge >= 0.3 is 0 Å². The van der Waals surface area contributed by atoms with Gasteiger partial charge in [0.05, 0.1) is 0 Å². The van der Waals surface area contributed by atoms with Crippen molar-refractivity contribution in [1.82, 2.24) is 4.57 Å². The van der Waals surface area contributed by atoms with Crippen molar-refractivity contribution in [2.45, 2.75) is 25.6 Å². The zero-order chi connectivity index (χ0) is 15.6. The van der Waals surface area contributed by atoms with Gasteiger partial charge in [0.2, 0.25) is 6.33 Å². The Morgan fingerprint density at radius 3 is 2.83 bits per heavy atom. The Kier molecular flexibility index (Phi) is 3.92. The average molecular weight is 370 g/mol. The second-order valence-electron chi connectivity index (χ2n) is 5.93. The van der Waals surface area contributed by atoms with Gasteiger partial charge in [0, 0.05) is 16.5 Å². The molecule has 0 saturated carbocycles. The van der Waals surface area contributed by atoms with Crippen LogP contribution in [0, 0.1) is 0 Å². The SMILES string of the molecule is Brc1ccccc1C[n+]1ccn(CC2Cc3ccccc3O2)c1. The molecule has 0 radical (unpaired) electrons. The molecule has 4 rings (SSSR count). The number of nitrogens with zero attached hydrogens (tertiary/aromatic N) is 2. The van der Waals surface area contributed by atoms with E-state index in [0.29, 0.717) is 0 Å². The lowest BCUT2D eigenvalue weighted by atomic mass is 10.1. The molecule has 0 N–H and O–H groups in total. The standard InChI is InChI=1S/C19H18BrN2O/c20-18-7-3-1-6-16(18)12-21-9-10-22(14-21)13-17-11-15-5-2-4-8-19(15)23-17/h1-10,14,17H,11-13H2/q+1. The quantitative estimate of drug-likeness (QED) is 0.642. The summed E-state index contributed by atoms with van der Waals surface area (Å²) >= 11 is 3.61. The summed E-state index contributed by atoms with van der Waals surface area (Å²) in [5, 5.41) is 0. The lowest BCUT2D eigenvalue weighted by Gasteiger charge is -2.07. The molecule has 1 aromatic heterocycles. The number of rotatable bonds is 4. The third-order valence-corrected chi connectivity index (χ3v) is 4.96. The first-order chi connectivity index (χ1) is 11.3. The molecule has 1 aliphatic rings. The van der Waals surface area contributed by atoms with Gasteiger partial charge < -0.3 is 4.74 Å². The van der Waals surface area contributed by atoms with Crippen molar-refractivity contribution in [2.75, 3.05) is 0 Å². The third-order valence-electron chi connectivity index (χ3n) is 4.19. The molecule has 1 unspecified atom stereocenters. The highest BCUT2D eigenvalue weighted by atomic mass is 79.9. The third kappa shape index (κ3) is 3.17. The lowest BCUT2D eigenvalue weighted by molar-refractivity contribution is -0.688. The Morgan fingerprint density at radius 2 is 1.96 bits per heavy atom. The highest BCUT2D eigenvalue weighted by molar-refractivity contribution is 9.10. The van der Waals surface area contributed by atoms with Gasteiger partial charge in [-0.3, -0.25) is 0 Å². The van der Waals surface area contributed by atoms with E-state index in [9.17, 15) is 0 Å². The second-order valence-corrected chi connectivity index (χ2v) is 6.78. The number of hydrogen-bond donors (Lipinski definition) is 0. The van der Waals surface area contributed by atoms with E-state index in [0.717, 1.165) is 29.7 Å². The van der Waals surface area contributed by atoms with Crippen molar-refractivity contribution in [1.29, 1.82) is 0 Å².